The van der Waals surface area contributed by atoms with Crippen LogP contribution in [0.25, 0.3) is 11.0 Å². The van der Waals surface area contributed by atoms with Crippen molar-refractivity contribution in [3.05, 3.63) is 65.4 Å². The first-order valence-corrected chi connectivity index (χ1v) is 10.4. The van der Waals surface area contributed by atoms with Crippen molar-refractivity contribution >= 4 is 22.7 Å². The van der Waals surface area contributed by atoms with Gasteiger partial charge in [-0.3, -0.25) is 9.59 Å². The molecule has 1 N–H and O–H groups in total. The number of phenolic OH excluding ortho intramolecular Hbond substituents is 1. The molecule has 158 valence electrons. The zero-order valence-corrected chi connectivity index (χ0v) is 17.3. The number of hydrogen-bond acceptors (Lipinski definition) is 6. The minimum Gasteiger partial charge on any atom is -0.507 e. The van der Waals surface area contributed by atoms with Crippen molar-refractivity contribution in [1.82, 2.24) is 0 Å². The van der Waals surface area contributed by atoms with Crippen LogP contribution in [0.2, 0.25) is 0 Å². The van der Waals surface area contributed by atoms with Crippen molar-refractivity contribution in [2.45, 2.75) is 38.0 Å². The Hall–Kier alpha value is -3.59. The van der Waals surface area contributed by atoms with Crippen molar-refractivity contribution in [2.75, 3.05) is 6.61 Å². The maximum Gasteiger partial charge on any atom is 0.308 e. The van der Waals surface area contributed by atoms with Crippen LogP contribution >= 0.6 is 0 Å². The first-order chi connectivity index (χ1) is 15.0. The summed E-state index contributed by atoms with van der Waals surface area (Å²) in [7, 11) is 0. The quantitative estimate of drug-likeness (QED) is 0.469. The molecule has 0 bridgehead atoms. The Morgan fingerprint density at radius 1 is 1.19 bits per heavy atom. The van der Waals surface area contributed by atoms with E-state index in [0.29, 0.717) is 54.4 Å². The molecule has 0 atom stereocenters. The summed E-state index contributed by atoms with van der Waals surface area (Å²) in [5.41, 5.74) is 0.597. The van der Waals surface area contributed by atoms with Gasteiger partial charge in [-0.1, -0.05) is 30.3 Å². The second kappa shape index (κ2) is 8.27. The van der Waals surface area contributed by atoms with Crippen LogP contribution in [0.1, 0.15) is 54.3 Å². The molecule has 3 aromatic rings. The maximum atomic E-state index is 12.9. The number of carbonyl (C=O) groups is 2. The van der Waals surface area contributed by atoms with Crippen molar-refractivity contribution in [1.29, 1.82) is 5.26 Å². The van der Waals surface area contributed by atoms with E-state index in [9.17, 15) is 20.0 Å². The molecule has 1 heterocycles. The van der Waals surface area contributed by atoms with Crippen molar-refractivity contribution < 1.29 is 23.8 Å². The molecule has 1 aliphatic rings. The highest BCUT2D eigenvalue weighted by Crippen LogP contribution is 2.46. The summed E-state index contributed by atoms with van der Waals surface area (Å²) in [5, 5.41) is 20.9. The number of esters is 1. The summed E-state index contributed by atoms with van der Waals surface area (Å²) in [6.07, 6.45) is 2.00. The number of furan rings is 1. The van der Waals surface area contributed by atoms with Crippen molar-refractivity contribution in [3.8, 4) is 11.8 Å². The molecule has 0 unspecified atom stereocenters. The molecule has 0 saturated heterocycles. The van der Waals surface area contributed by atoms with Crippen LogP contribution in [-0.4, -0.2) is 23.5 Å². The minimum absolute atomic E-state index is 0.0112. The van der Waals surface area contributed by atoms with Crippen LogP contribution in [0.3, 0.4) is 0 Å². The molecule has 0 radical (unpaired) electrons. The average molecular weight is 417 g/mol. The van der Waals surface area contributed by atoms with Gasteiger partial charge < -0.3 is 14.3 Å². The number of nitriles is 1. The summed E-state index contributed by atoms with van der Waals surface area (Å²) in [4.78, 5) is 25.0. The van der Waals surface area contributed by atoms with Gasteiger partial charge in [0.25, 0.3) is 0 Å². The lowest BCUT2D eigenvalue weighted by Crippen LogP contribution is -2.33. The Labute approximate surface area is 180 Å². The number of hydrogen-bond donors (Lipinski definition) is 1. The van der Waals surface area contributed by atoms with Crippen LogP contribution in [0.5, 0.6) is 5.75 Å². The zero-order chi connectivity index (χ0) is 22.0. The van der Waals surface area contributed by atoms with Crippen LogP contribution in [0.15, 0.2) is 52.9 Å². The number of ether oxygens (including phenoxy) is 1. The van der Waals surface area contributed by atoms with E-state index >= 15 is 0 Å². The Morgan fingerprint density at radius 2 is 1.90 bits per heavy atom. The Morgan fingerprint density at radius 3 is 2.55 bits per heavy atom. The number of fused-ring (bicyclic) bond motifs is 1. The average Bonchev–Trinajstić information content (AvgIpc) is 3.26. The monoisotopic (exact) mass is 417 g/mol. The molecule has 31 heavy (non-hydrogen) atoms. The van der Waals surface area contributed by atoms with Gasteiger partial charge >= 0.3 is 5.97 Å². The number of aromatic hydroxyl groups is 1. The highest BCUT2D eigenvalue weighted by atomic mass is 16.5. The van der Waals surface area contributed by atoms with Gasteiger partial charge in [-0.05, 0) is 50.8 Å². The molecular formula is C25H23NO5. The van der Waals surface area contributed by atoms with E-state index in [2.05, 4.69) is 6.07 Å². The highest BCUT2D eigenvalue weighted by molar-refractivity contribution is 6.09. The molecule has 6 heteroatoms. The van der Waals surface area contributed by atoms with Crippen molar-refractivity contribution in [3.63, 3.8) is 0 Å². The molecule has 0 spiro atoms. The minimum atomic E-state index is -0.861. The lowest BCUT2D eigenvalue weighted by Gasteiger charge is -2.34. The summed E-state index contributed by atoms with van der Waals surface area (Å²) in [5.74, 6) is -0.640. The topological polar surface area (TPSA) is 101 Å². The van der Waals surface area contributed by atoms with E-state index in [1.54, 1.807) is 37.3 Å². The van der Waals surface area contributed by atoms with Gasteiger partial charge in [0.15, 0.2) is 5.76 Å². The van der Waals surface area contributed by atoms with Crippen LogP contribution in [0.4, 0.5) is 0 Å². The largest absolute Gasteiger partial charge is 0.507 e. The number of rotatable bonds is 5. The second-order valence-electron chi connectivity index (χ2n) is 7.90. The van der Waals surface area contributed by atoms with Gasteiger partial charge in [0.1, 0.15) is 11.3 Å². The molecule has 1 aliphatic carbocycles. The molecule has 1 fully saturated rings. The third-order valence-corrected chi connectivity index (χ3v) is 6.11. The summed E-state index contributed by atoms with van der Waals surface area (Å²) in [6.45, 7) is 2.11. The fourth-order valence-electron chi connectivity index (χ4n) is 4.38. The van der Waals surface area contributed by atoms with E-state index < -0.39 is 5.41 Å². The Bertz CT molecular complexity index is 1160. The van der Waals surface area contributed by atoms with Crippen LogP contribution < -0.4 is 0 Å². The van der Waals surface area contributed by atoms with Gasteiger partial charge in [-0.25, -0.2) is 0 Å². The number of nitrogens with zero attached hydrogens (tertiary/aromatic N) is 1. The zero-order valence-electron chi connectivity index (χ0n) is 17.3. The smallest absolute Gasteiger partial charge is 0.308 e. The van der Waals surface area contributed by atoms with E-state index in [1.807, 2.05) is 6.07 Å². The summed E-state index contributed by atoms with van der Waals surface area (Å²) < 4.78 is 11.1. The number of benzene rings is 2. The van der Waals surface area contributed by atoms with E-state index in [4.69, 9.17) is 9.15 Å². The van der Waals surface area contributed by atoms with Gasteiger partial charge in [-0.2, -0.15) is 5.26 Å². The molecule has 0 aliphatic heterocycles. The van der Waals surface area contributed by atoms with Gasteiger partial charge in [-0.15, -0.1) is 0 Å². The molecule has 2 aromatic carbocycles. The predicted molar refractivity (Wildman–Crippen MR) is 114 cm³/mol. The van der Waals surface area contributed by atoms with Crippen molar-refractivity contribution in [2.24, 2.45) is 5.92 Å². The number of phenols is 1. The highest BCUT2D eigenvalue weighted by Gasteiger charge is 2.41. The SMILES string of the molecule is CCOC(=O)C1CCC(C#N)(c2ccc(O)c3cc(C(=O)c4ccccc4)oc23)CC1. The first-order valence-electron chi connectivity index (χ1n) is 10.4. The Kier molecular flexibility index (Phi) is 5.51. The third-order valence-electron chi connectivity index (χ3n) is 6.11. The lowest BCUT2D eigenvalue weighted by atomic mass is 9.67. The molecule has 1 saturated carbocycles. The molecule has 6 nitrogen and oxygen atoms in total. The summed E-state index contributed by atoms with van der Waals surface area (Å²) >= 11 is 0. The second-order valence-corrected chi connectivity index (χ2v) is 7.90. The molecular weight excluding hydrogens is 394 g/mol. The molecule has 4 rings (SSSR count). The number of carbonyl (C=O) groups excluding carboxylic acids is 2. The first kappa shape index (κ1) is 20.7. The molecule has 1 aromatic heterocycles. The van der Waals surface area contributed by atoms with E-state index in [0.717, 1.165) is 0 Å². The normalized spacial score (nSPS) is 20.8. The lowest BCUT2D eigenvalue weighted by molar-refractivity contribution is -0.149. The van der Waals surface area contributed by atoms with Gasteiger partial charge in [0.2, 0.25) is 5.78 Å². The van der Waals surface area contributed by atoms with Gasteiger partial charge in [0.05, 0.1) is 29.4 Å². The molecule has 0 amide bonds. The predicted octanol–water partition coefficient (Wildman–Crippen LogP) is 4.88. The van der Waals surface area contributed by atoms with E-state index in [-0.39, 0.29) is 29.2 Å². The fourth-order valence-corrected chi connectivity index (χ4v) is 4.38. The maximum absolute atomic E-state index is 12.9. The fraction of sp³-hybridized carbons (Fsp3) is 0.320. The number of ketones is 1. The van der Waals surface area contributed by atoms with E-state index in [1.165, 1.54) is 12.1 Å². The van der Waals surface area contributed by atoms with Crippen LogP contribution in [0, 0.1) is 17.2 Å². The third kappa shape index (κ3) is 3.68. The van der Waals surface area contributed by atoms with Gasteiger partial charge in [0, 0.05) is 11.1 Å². The Balaban J connectivity index is 1.72. The summed E-state index contributed by atoms with van der Waals surface area (Å²) in [6, 6.07) is 15.9. The standard InChI is InChI=1S/C25H23NO5/c1-2-30-24(29)17-10-12-25(15-26,13-11-17)19-8-9-20(27)18-14-21(31-23(18)19)22(28)16-6-4-3-5-7-16/h3-9,14,17,27H,2,10-13H2,1H3. The van der Waals surface area contributed by atoms with Crippen LogP contribution in [-0.2, 0) is 14.9 Å².